The summed E-state index contributed by atoms with van der Waals surface area (Å²) in [5.41, 5.74) is 0. The third kappa shape index (κ3) is 2.16. The van der Waals surface area contributed by atoms with Gasteiger partial charge in [0.05, 0.1) is 12.6 Å². The molecule has 1 unspecified atom stereocenters. The van der Waals surface area contributed by atoms with E-state index in [1.807, 2.05) is 5.38 Å². The van der Waals surface area contributed by atoms with Crippen LogP contribution in [0.4, 0.5) is 14.7 Å². The van der Waals surface area contributed by atoms with Crippen LogP contribution in [0.15, 0.2) is 9.98 Å². The van der Waals surface area contributed by atoms with Crippen LogP contribution in [0.1, 0.15) is 0 Å². The van der Waals surface area contributed by atoms with E-state index in [1.165, 1.54) is 16.2 Å². The standard InChI is InChI=1S/C10H11BrN4O3S/c11-7-5-19-8(12-7)15-4-6-3-13(10(17)18)1-2-14(6)9(15)16/h5-6H,1-4H2,(H,17,18). The maximum Gasteiger partial charge on any atom is 0.407 e. The van der Waals surface area contributed by atoms with Gasteiger partial charge in [-0.2, -0.15) is 0 Å². The van der Waals surface area contributed by atoms with Crippen LogP contribution in [-0.2, 0) is 0 Å². The fourth-order valence-corrected chi connectivity index (χ4v) is 3.66. The van der Waals surface area contributed by atoms with Gasteiger partial charge in [-0.1, -0.05) is 0 Å². The van der Waals surface area contributed by atoms with Gasteiger partial charge in [-0.3, -0.25) is 4.90 Å². The Bertz CT molecular complexity index is 537. The van der Waals surface area contributed by atoms with Gasteiger partial charge >= 0.3 is 12.1 Å². The average Bonchev–Trinajstić information content (AvgIpc) is 2.93. The number of carboxylic acid groups (broad SMARTS) is 1. The number of carbonyl (C=O) groups is 2. The van der Waals surface area contributed by atoms with E-state index >= 15 is 0 Å². The lowest BCUT2D eigenvalue weighted by atomic mass is 10.2. The third-order valence-electron chi connectivity index (χ3n) is 3.32. The summed E-state index contributed by atoms with van der Waals surface area (Å²) in [5.74, 6) is 0. The Morgan fingerprint density at radius 1 is 1.47 bits per heavy atom. The number of fused-ring (bicyclic) bond motifs is 1. The number of aromatic nitrogens is 1. The Morgan fingerprint density at radius 3 is 2.89 bits per heavy atom. The molecule has 3 amide bonds. The lowest BCUT2D eigenvalue weighted by Crippen LogP contribution is -2.53. The minimum atomic E-state index is -0.928. The van der Waals surface area contributed by atoms with Crippen LogP contribution in [0.5, 0.6) is 0 Å². The molecule has 3 heterocycles. The number of urea groups is 1. The quantitative estimate of drug-likeness (QED) is 0.836. The van der Waals surface area contributed by atoms with Crippen LogP contribution >= 0.6 is 27.3 Å². The number of anilines is 1. The zero-order valence-electron chi connectivity index (χ0n) is 9.82. The number of hydrogen-bond donors (Lipinski definition) is 1. The van der Waals surface area contributed by atoms with E-state index in [2.05, 4.69) is 20.9 Å². The van der Waals surface area contributed by atoms with Gasteiger partial charge in [-0.25, -0.2) is 14.6 Å². The molecular weight excluding hydrogens is 336 g/mol. The maximum absolute atomic E-state index is 12.3. The summed E-state index contributed by atoms with van der Waals surface area (Å²) in [7, 11) is 0. The predicted molar refractivity (Wildman–Crippen MR) is 72.6 cm³/mol. The molecule has 0 aliphatic carbocycles. The van der Waals surface area contributed by atoms with Crippen molar-refractivity contribution in [2.24, 2.45) is 0 Å². The molecule has 0 saturated carbocycles. The fraction of sp³-hybridized carbons (Fsp3) is 0.500. The lowest BCUT2D eigenvalue weighted by Gasteiger charge is -2.34. The summed E-state index contributed by atoms with van der Waals surface area (Å²) in [6.07, 6.45) is -0.928. The molecule has 3 rings (SSSR count). The summed E-state index contributed by atoms with van der Waals surface area (Å²) >= 11 is 4.66. The first-order chi connectivity index (χ1) is 9.06. The van der Waals surface area contributed by atoms with Crippen LogP contribution in [0.25, 0.3) is 0 Å². The van der Waals surface area contributed by atoms with Crippen molar-refractivity contribution < 1.29 is 14.7 Å². The van der Waals surface area contributed by atoms with Crippen molar-refractivity contribution in [3.05, 3.63) is 9.98 Å². The van der Waals surface area contributed by atoms with Crippen molar-refractivity contribution in [2.75, 3.05) is 31.1 Å². The van der Waals surface area contributed by atoms with Gasteiger partial charge in [-0.15, -0.1) is 11.3 Å². The minimum absolute atomic E-state index is 0.0833. The molecule has 0 bridgehead atoms. The zero-order valence-corrected chi connectivity index (χ0v) is 12.2. The smallest absolute Gasteiger partial charge is 0.407 e. The molecule has 2 aliphatic heterocycles. The molecule has 1 N–H and O–H groups in total. The van der Waals surface area contributed by atoms with Gasteiger partial charge < -0.3 is 14.9 Å². The van der Waals surface area contributed by atoms with E-state index in [0.717, 1.165) is 0 Å². The summed E-state index contributed by atoms with van der Waals surface area (Å²) in [4.78, 5) is 32.2. The van der Waals surface area contributed by atoms with Crippen molar-refractivity contribution in [2.45, 2.75) is 6.04 Å². The summed E-state index contributed by atoms with van der Waals surface area (Å²) in [6, 6.07) is -0.170. The maximum atomic E-state index is 12.3. The van der Waals surface area contributed by atoms with Gasteiger partial charge in [0.15, 0.2) is 5.13 Å². The topological polar surface area (TPSA) is 77.0 Å². The second-order valence-electron chi connectivity index (χ2n) is 4.42. The van der Waals surface area contributed by atoms with E-state index in [4.69, 9.17) is 5.11 Å². The fourth-order valence-electron chi connectivity index (χ4n) is 2.41. The van der Waals surface area contributed by atoms with Gasteiger partial charge in [0.25, 0.3) is 0 Å². The van der Waals surface area contributed by atoms with E-state index in [1.54, 1.807) is 9.80 Å². The second-order valence-corrected chi connectivity index (χ2v) is 6.07. The van der Waals surface area contributed by atoms with Crippen LogP contribution in [0, 0.1) is 0 Å². The van der Waals surface area contributed by atoms with Crippen molar-refractivity contribution in [3.8, 4) is 0 Å². The summed E-state index contributed by atoms with van der Waals surface area (Å²) < 4.78 is 0.706. The number of amides is 3. The van der Waals surface area contributed by atoms with Crippen LogP contribution in [0.3, 0.4) is 0 Å². The Hall–Kier alpha value is -1.35. The number of rotatable bonds is 1. The monoisotopic (exact) mass is 346 g/mol. The van der Waals surface area contributed by atoms with Crippen molar-refractivity contribution >= 4 is 44.5 Å². The predicted octanol–water partition coefficient (Wildman–Crippen LogP) is 1.51. The molecule has 19 heavy (non-hydrogen) atoms. The van der Waals surface area contributed by atoms with Crippen molar-refractivity contribution in [1.29, 1.82) is 0 Å². The van der Waals surface area contributed by atoms with Gasteiger partial charge in [0, 0.05) is 25.0 Å². The molecule has 2 saturated heterocycles. The van der Waals surface area contributed by atoms with Crippen LogP contribution in [0.2, 0.25) is 0 Å². The Morgan fingerprint density at radius 2 is 2.26 bits per heavy atom. The normalized spacial score (nSPS) is 22.9. The Balaban J connectivity index is 1.78. The molecule has 0 aromatic carbocycles. The lowest BCUT2D eigenvalue weighted by molar-refractivity contribution is 0.0997. The highest BCUT2D eigenvalue weighted by Crippen LogP contribution is 2.30. The third-order valence-corrected chi connectivity index (χ3v) is 4.89. The van der Waals surface area contributed by atoms with E-state index < -0.39 is 6.09 Å². The number of hydrogen-bond acceptors (Lipinski definition) is 4. The SMILES string of the molecule is O=C(O)N1CCN2C(=O)N(c3nc(Br)cs3)CC2C1. The molecular formula is C10H11BrN4O3S. The first-order valence-electron chi connectivity index (χ1n) is 5.73. The number of halogens is 1. The highest BCUT2D eigenvalue weighted by Gasteiger charge is 2.43. The minimum Gasteiger partial charge on any atom is -0.465 e. The Kier molecular flexibility index (Phi) is 3.09. The van der Waals surface area contributed by atoms with Crippen molar-refractivity contribution in [3.63, 3.8) is 0 Å². The first-order valence-corrected chi connectivity index (χ1v) is 7.40. The van der Waals surface area contributed by atoms with Crippen LogP contribution < -0.4 is 4.90 Å². The summed E-state index contributed by atoms with van der Waals surface area (Å²) in [5, 5.41) is 11.5. The summed E-state index contributed by atoms with van der Waals surface area (Å²) in [6.45, 7) is 1.67. The number of piperazine rings is 1. The Labute approximate surface area is 121 Å². The molecule has 1 atom stereocenters. The molecule has 0 radical (unpaired) electrons. The highest BCUT2D eigenvalue weighted by atomic mass is 79.9. The average molecular weight is 347 g/mol. The molecule has 7 nitrogen and oxygen atoms in total. The molecule has 102 valence electrons. The second kappa shape index (κ2) is 4.64. The molecule has 1 aromatic heterocycles. The van der Waals surface area contributed by atoms with Gasteiger partial charge in [0.1, 0.15) is 4.60 Å². The highest BCUT2D eigenvalue weighted by molar-refractivity contribution is 9.10. The largest absolute Gasteiger partial charge is 0.465 e. The number of carbonyl (C=O) groups excluding carboxylic acids is 1. The molecule has 9 heteroatoms. The number of thiazole rings is 1. The van der Waals surface area contributed by atoms with E-state index in [-0.39, 0.29) is 12.1 Å². The molecule has 0 spiro atoms. The van der Waals surface area contributed by atoms with E-state index in [9.17, 15) is 9.59 Å². The molecule has 1 aromatic rings. The molecule has 2 aliphatic rings. The van der Waals surface area contributed by atoms with Crippen LogP contribution in [-0.4, -0.2) is 64.2 Å². The molecule has 2 fully saturated rings. The van der Waals surface area contributed by atoms with E-state index in [0.29, 0.717) is 35.9 Å². The first kappa shape index (κ1) is 12.7. The number of nitrogens with zero attached hydrogens (tertiary/aromatic N) is 4. The van der Waals surface area contributed by atoms with Crippen molar-refractivity contribution in [1.82, 2.24) is 14.8 Å². The van der Waals surface area contributed by atoms with Gasteiger partial charge in [-0.05, 0) is 15.9 Å². The zero-order chi connectivity index (χ0) is 13.6. The van der Waals surface area contributed by atoms with Gasteiger partial charge in [0.2, 0.25) is 0 Å².